The van der Waals surface area contributed by atoms with Gasteiger partial charge in [0.25, 0.3) is 0 Å². The average Bonchev–Trinajstić information content (AvgIpc) is 3.24. The lowest BCUT2D eigenvalue weighted by Crippen LogP contribution is -2.18. The Kier molecular flexibility index (Phi) is 3.81. The highest BCUT2D eigenvalue weighted by Gasteiger charge is 2.19. The van der Waals surface area contributed by atoms with E-state index in [1.54, 1.807) is 17.1 Å². The van der Waals surface area contributed by atoms with Gasteiger partial charge in [0, 0.05) is 31.4 Å². The smallest absolute Gasteiger partial charge is 0.228 e. The summed E-state index contributed by atoms with van der Waals surface area (Å²) in [6.45, 7) is 0.960. The highest BCUT2D eigenvalue weighted by Crippen LogP contribution is 2.29. The van der Waals surface area contributed by atoms with Gasteiger partial charge in [-0.25, -0.2) is 14.6 Å². The van der Waals surface area contributed by atoms with Crippen LogP contribution in [-0.4, -0.2) is 34.7 Å². The second-order valence-corrected chi connectivity index (χ2v) is 7.00. The Morgan fingerprint density at radius 3 is 2.85 bits per heavy atom. The molecule has 8 heteroatoms. The Hall–Kier alpha value is -3.29. The summed E-state index contributed by atoms with van der Waals surface area (Å²) in [6, 6.07) is 9.96. The highest BCUT2D eigenvalue weighted by molar-refractivity contribution is 5.80. The van der Waals surface area contributed by atoms with Gasteiger partial charge in [0.1, 0.15) is 11.3 Å². The first kappa shape index (κ1) is 15.9. The Morgan fingerprint density at radius 1 is 1.15 bits per heavy atom. The molecule has 0 radical (unpaired) electrons. The Morgan fingerprint density at radius 2 is 2.07 bits per heavy atom. The average molecular weight is 360 g/mol. The largest absolute Gasteiger partial charge is 0.309 e. The normalized spacial score (nSPS) is 14.4. The second kappa shape index (κ2) is 6.46. The molecule has 0 aliphatic heterocycles. The summed E-state index contributed by atoms with van der Waals surface area (Å²) in [5.74, 6) is 2.11. The van der Waals surface area contributed by atoms with Crippen LogP contribution in [0.5, 0.6) is 0 Å². The number of aromatic nitrogens is 7. The SMILES string of the molecule is Cn1nccc1Nc1nccc(-c2ccc3c(c2)nnn3CC2CCC2)n1. The highest BCUT2D eigenvalue weighted by atomic mass is 15.4. The lowest BCUT2D eigenvalue weighted by atomic mass is 9.85. The summed E-state index contributed by atoms with van der Waals surface area (Å²) in [4.78, 5) is 8.93. The van der Waals surface area contributed by atoms with Crippen LogP contribution >= 0.6 is 0 Å². The van der Waals surface area contributed by atoms with Gasteiger partial charge in [0.15, 0.2) is 0 Å². The van der Waals surface area contributed by atoms with Crippen LogP contribution in [0.2, 0.25) is 0 Å². The molecule has 3 heterocycles. The van der Waals surface area contributed by atoms with E-state index in [0.29, 0.717) is 5.95 Å². The number of rotatable bonds is 5. The Bertz CT molecular complexity index is 1090. The first-order chi connectivity index (χ1) is 13.3. The van der Waals surface area contributed by atoms with Crippen molar-refractivity contribution in [3.05, 3.63) is 42.7 Å². The molecule has 0 bridgehead atoms. The van der Waals surface area contributed by atoms with Gasteiger partial charge in [-0.1, -0.05) is 17.7 Å². The molecule has 0 atom stereocenters. The number of anilines is 2. The van der Waals surface area contributed by atoms with Crippen LogP contribution in [-0.2, 0) is 13.6 Å². The molecule has 1 aromatic carbocycles. The zero-order valence-corrected chi connectivity index (χ0v) is 15.1. The van der Waals surface area contributed by atoms with Crippen molar-refractivity contribution in [1.82, 2.24) is 34.7 Å². The fourth-order valence-electron chi connectivity index (χ4n) is 3.38. The monoisotopic (exact) mass is 360 g/mol. The summed E-state index contributed by atoms with van der Waals surface area (Å²) in [6.07, 6.45) is 7.41. The van der Waals surface area contributed by atoms with Crippen LogP contribution in [0, 0.1) is 5.92 Å². The maximum atomic E-state index is 4.63. The van der Waals surface area contributed by atoms with Gasteiger partial charge in [-0.2, -0.15) is 5.10 Å². The minimum atomic E-state index is 0.532. The zero-order valence-electron chi connectivity index (χ0n) is 15.1. The van der Waals surface area contributed by atoms with Crippen LogP contribution in [0.3, 0.4) is 0 Å². The molecule has 0 saturated heterocycles. The third-order valence-corrected chi connectivity index (χ3v) is 5.18. The lowest BCUT2D eigenvalue weighted by molar-refractivity contribution is 0.268. The first-order valence-corrected chi connectivity index (χ1v) is 9.18. The standard InChI is InChI=1S/C19H20N8/c1-26-18(8-10-21-26)23-19-20-9-7-15(22-19)14-5-6-17-16(11-14)24-25-27(17)12-13-3-2-4-13/h5-11,13H,2-4,12H2,1H3,(H,20,22,23). The molecule has 27 heavy (non-hydrogen) atoms. The molecule has 1 saturated carbocycles. The van der Waals surface area contributed by atoms with E-state index in [0.717, 1.165) is 40.6 Å². The van der Waals surface area contributed by atoms with Crippen LogP contribution in [0.4, 0.5) is 11.8 Å². The van der Waals surface area contributed by atoms with Gasteiger partial charge in [-0.05, 0) is 37.0 Å². The Balaban J connectivity index is 1.43. The molecule has 0 spiro atoms. The summed E-state index contributed by atoms with van der Waals surface area (Å²) < 4.78 is 3.76. The second-order valence-electron chi connectivity index (χ2n) is 7.00. The van der Waals surface area contributed by atoms with E-state index in [1.165, 1.54) is 19.3 Å². The van der Waals surface area contributed by atoms with Gasteiger partial charge in [-0.3, -0.25) is 4.68 Å². The number of aryl methyl sites for hydroxylation is 1. The van der Waals surface area contributed by atoms with E-state index in [2.05, 4.69) is 42.8 Å². The van der Waals surface area contributed by atoms with Crippen LogP contribution in [0.15, 0.2) is 42.7 Å². The minimum Gasteiger partial charge on any atom is -0.309 e. The summed E-state index contributed by atoms with van der Waals surface area (Å²) in [5, 5.41) is 16.0. The van der Waals surface area contributed by atoms with Crippen LogP contribution in [0.25, 0.3) is 22.3 Å². The topological polar surface area (TPSA) is 86.3 Å². The predicted octanol–water partition coefficient (Wildman–Crippen LogP) is 3.17. The molecule has 8 nitrogen and oxygen atoms in total. The van der Waals surface area contributed by atoms with Gasteiger partial charge in [-0.15, -0.1) is 5.10 Å². The van der Waals surface area contributed by atoms with Crippen molar-refractivity contribution in [3.63, 3.8) is 0 Å². The Labute approximate surface area is 156 Å². The third-order valence-electron chi connectivity index (χ3n) is 5.18. The van der Waals surface area contributed by atoms with E-state index in [9.17, 15) is 0 Å². The maximum Gasteiger partial charge on any atom is 0.228 e. The van der Waals surface area contributed by atoms with Crippen molar-refractivity contribution in [2.45, 2.75) is 25.8 Å². The number of nitrogens with one attached hydrogen (secondary N) is 1. The number of fused-ring (bicyclic) bond motifs is 1. The fourth-order valence-corrected chi connectivity index (χ4v) is 3.38. The maximum absolute atomic E-state index is 4.63. The molecular formula is C19H20N8. The molecule has 4 aromatic rings. The number of nitrogens with zero attached hydrogens (tertiary/aromatic N) is 7. The molecule has 1 N–H and O–H groups in total. The van der Waals surface area contributed by atoms with Gasteiger partial charge in [0.2, 0.25) is 5.95 Å². The molecule has 1 aliphatic carbocycles. The number of hydrogen-bond acceptors (Lipinski definition) is 6. The van der Waals surface area contributed by atoms with Crippen molar-refractivity contribution < 1.29 is 0 Å². The molecule has 1 fully saturated rings. The molecular weight excluding hydrogens is 340 g/mol. The predicted molar refractivity (Wildman–Crippen MR) is 102 cm³/mol. The molecule has 1 aliphatic rings. The van der Waals surface area contributed by atoms with Crippen molar-refractivity contribution in [2.75, 3.05) is 5.32 Å². The lowest BCUT2D eigenvalue weighted by Gasteiger charge is -2.24. The van der Waals surface area contributed by atoms with Gasteiger partial charge in [0.05, 0.1) is 17.4 Å². The summed E-state index contributed by atoms with van der Waals surface area (Å²) >= 11 is 0. The first-order valence-electron chi connectivity index (χ1n) is 9.18. The van der Waals surface area contributed by atoms with Crippen molar-refractivity contribution in [3.8, 4) is 11.3 Å². The minimum absolute atomic E-state index is 0.532. The van der Waals surface area contributed by atoms with E-state index < -0.39 is 0 Å². The van der Waals surface area contributed by atoms with Crippen molar-refractivity contribution >= 4 is 22.8 Å². The summed E-state index contributed by atoms with van der Waals surface area (Å²) in [5.41, 5.74) is 3.80. The molecule has 136 valence electrons. The van der Waals surface area contributed by atoms with E-state index in [-0.39, 0.29) is 0 Å². The van der Waals surface area contributed by atoms with Crippen LogP contribution in [0.1, 0.15) is 19.3 Å². The zero-order chi connectivity index (χ0) is 18.2. The van der Waals surface area contributed by atoms with E-state index in [4.69, 9.17) is 0 Å². The number of benzene rings is 1. The number of hydrogen-bond donors (Lipinski definition) is 1. The quantitative estimate of drug-likeness (QED) is 0.588. The van der Waals surface area contributed by atoms with Crippen molar-refractivity contribution in [1.29, 1.82) is 0 Å². The molecule has 5 rings (SSSR count). The molecule has 0 amide bonds. The molecule has 3 aromatic heterocycles. The van der Waals surface area contributed by atoms with E-state index >= 15 is 0 Å². The van der Waals surface area contributed by atoms with Gasteiger partial charge < -0.3 is 5.32 Å². The fraction of sp³-hybridized carbons (Fsp3) is 0.316. The van der Waals surface area contributed by atoms with Gasteiger partial charge >= 0.3 is 0 Å². The van der Waals surface area contributed by atoms with E-state index in [1.807, 2.05) is 29.9 Å². The summed E-state index contributed by atoms with van der Waals surface area (Å²) in [7, 11) is 1.87. The third kappa shape index (κ3) is 3.03. The van der Waals surface area contributed by atoms with Crippen molar-refractivity contribution in [2.24, 2.45) is 13.0 Å². The molecule has 0 unspecified atom stereocenters. The van der Waals surface area contributed by atoms with Crippen LogP contribution < -0.4 is 5.32 Å².